The molecule has 3 rings (SSSR count). The summed E-state index contributed by atoms with van der Waals surface area (Å²) in [6.45, 7) is 0. The van der Waals surface area contributed by atoms with Gasteiger partial charge < -0.3 is 10.6 Å². The molecule has 1 aliphatic carbocycles. The number of amides is 2. The van der Waals surface area contributed by atoms with Gasteiger partial charge in [-0.3, -0.25) is 9.59 Å². The minimum absolute atomic E-state index is 0.200. The fraction of sp³-hybridized carbons (Fsp3) is 0.250. The van der Waals surface area contributed by atoms with E-state index in [-0.39, 0.29) is 11.5 Å². The van der Waals surface area contributed by atoms with Crippen LogP contribution in [0, 0.1) is 5.82 Å². The highest BCUT2D eigenvalue weighted by molar-refractivity contribution is 7.17. The molecular formula is C16H15FN2O2S. The van der Waals surface area contributed by atoms with Gasteiger partial charge in [0.05, 0.1) is 5.56 Å². The quantitative estimate of drug-likeness (QED) is 0.914. The van der Waals surface area contributed by atoms with Crippen molar-refractivity contribution in [2.24, 2.45) is 0 Å². The predicted octanol–water partition coefficient (Wildman–Crippen LogP) is 2.99. The Labute approximate surface area is 131 Å². The first-order chi connectivity index (χ1) is 10.6. The molecule has 22 heavy (non-hydrogen) atoms. The summed E-state index contributed by atoms with van der Waals surface area (Å²) >= 11 is 1.43. The highest BCUT2D eigenvalue weighted by Crippen LogP contribution is 2.39. The summed E-state index contributed by atoms with van der Waals surface area (Å²) < 4.78 is 13.2. The average molecular weight is 318 g/mol. The van der Waals surface area contributed by atoms with Gasteiger partial charge in [-0.15, -0.1) is 11.3 Å². The number of anilines is 1. The molecule has 6 heteroatoms. The molecule has 0 aliphatic heterocycles. The van der Waals surface area contributed by atoms with Crippen molar-refractivity contribution in [3.05, 3.63) is 51.7 Å². The van der Waals surface area contributed by atoms with E-state index in [1.165, 1.54) is 29.5 Å². The zero-order chi connectivity index (χ0) is 15.7. The lowest BCUT2D eigenvalue weighted by Crippen LogP contribution is -2.21. The molecule has 0 saturated carbocycles. The maximum Gasteiger partial charge on any atom is 0.256 e. The second kappa shape index (κ2) is 5.88. The second-order valence-electron chi connectivity index (χ2n) is 5.11. The first-order valence-electron chi connectivity index (χ1n) is 7.03. The van der Waals surface area contributed by atoms with Gasteiger partial charge in [-0.05, 0) is 43.0 Å². The highest BCUT2D eigenvalue weighted by Gasteiger charge is 2.27. The number of nitrogens with one attached hydrogen (secondary N) is 2. The van der Waals surface area contributed by atoms with Crippen LogP contribution in [0.15, 0.2) is 24.3 Å². The molecule has 1 heterocycles. The van der Waals surface area contributed by atoms with Crippen LogP contribution in [0.25, 0.3) is 0 Å². The number of thiophene rings is 1. The summed E-state index contributed by atoms with van der Waals surface area (Å²) in [5.74, 6) is -1.08. The minimum atomic E-state index is -0.465. The van der Waals surface area contributed by atoms with E-state index in [1.807, 2.05) is 0 Å². The standard InChI is InChI=1S/C16H15FN2O2S/c1-18-15(21)13-11-6-3-7-12(11)22-16(13)19-14(20)9-4-2-5-10(17)8-9/h2,4-5,8H,3,6-7H2,1H3,(H,18,21)(H,19,20). The summed E-state index contributed by atoms with van der Waals surface area (Å²) in [6.07, 6.45) is 2.81. The number of aryl methyl sites for hydroxylation is 1. The molecular weight excluding hydrogens is 303 g/mol. The maximum atomic E-state index is 13.2. The van der Waals surface area contributed by atoms with Gasteiger partial charge in [-0.25, -0.2) is 4.39 Å². The maximum absolute atomic E-state index is 13.2. The van der Waals surface area contributed by atoms with Crippen LogP contribution in [0.4, 0.5) is 9.39 Å². The normalized spacial score (nSPS) is 12.8. The van der Waals surface area contributed by atoms with Gasteiger partial charge in [0, 0.05) is 17.5 Å². The van der Waals surface area contributed by atoms with E-state index in [0.717, 1.165) is 29.7 Å². The Kier molecular flexibility index (Phi) is 3.94. The predicted molar refractivity (Wildman–Crippen MR) is 84.1 cm³/mol. The fourth-order valence-corrected chi connectivity index (χ4v) is 3.94. The number of carbonyl (C=O) groups excluding carboxylic acids is 2. The molecule has 4 nitrogen and oxygen atoms in total. The van der Waals surface area contributed by atoms with E-state index in [9.17, 15) is 14.0 Å². The van der Waals surface area contributed by atoms with Gasteiger partial charge >= 0.3 is 0 Å². The number of carbonyl (C=O) groups is 2. The number of benzene rings is 1. The Morgan fingerprint density at radius 1 is 1.23 bits per heavy atom. The van der Waals surface area contributed by atoms with Crippen molar-refractivity contribution in [1.82, 2.24) is 5.32 Å². The third-order valence-electron chi connectivity index (χ3n) is 3.69. The van der Waals surface area contributed by atoms with E-state index in [1.54, 1.807) is 13.1 Å². The van der Waals surface area contributed by atoms with Gasteiger partial charge in [-0.2, -0.15) is 0 Å². The Bertz CT molecular complexity index is 755. The van der Waals surface area contributed by atoms with E-state index in [4.69, 9.17) is 0 Å². The molecule has 2 aromatic rings. The third kappa shape index (κ3) is 2.62. The summed E-state index contributed by atoms with van der Waals surface area (Å²) in [4.78, 5) is 25.5. The Hall–Kier alpha value is -2.21. The van der Waals surface area contributed by atoms with Crippen LogP contribution in [-0.4, -0.2) is 18.9 Å². The largest absolute Gasteiger partial charge is 0.355 e. The van der Waals surface area contributed by atoms with Crippen molar-refractivity contribution < 1.29 is 14.0 Å². The molecule has 0 radical (unpaired) electrons. The van der Waals surface area contributed by atoms with Gasteiger partial charge in [-0.1, -0.05) is 6.07 Å². The number of hydrogen-bond acceptors (Lipinski definition) is 3. The highest BCUT2D eigenvalue weighted by atomic mass is 32.1. The Morgan fingerprint density at radius 2 is 2.05 bits per heavy atom. The van der Waals surface area contributed by atoms with Crippen LogP contribution in [-0.2, 0) is 12.8 Å². The van der Waals surface area contributed by atoms with Crippen molar-refractivity contribution in [2.75, 3.05) is 12.4 Å². The molecule has 0 atom stereocenters. The van der Waals surface area contributed by atoms with Gasteiger partial charge in [0.2, 0.25) is 0 Å². The zero-order valence-electron chi connectivity index (χ0n) is 12.0. The van der Waals surface area contributed by atoms with Crippen LogP contribution in [0.1, 0.15) is 37.6 Å². The first-order valence-corrected chi connectivity index (χ1v) is 7.85. The van der Waals surface area contributed by atoms with Crippen molar-refractivity contribution in [2.45, 2.75) is 19.3 Å². The molecule has 2 N–H and O–H groups in total. The van der Waals surface area contributed by atoms with Crippen molar-refractivity contribution in [3.63, 3.8) is 0 Å². The number of halogens is 1. The first kappa shape index (κ1) is 14.7. The SMILES string of the molecule is CNC(=O)c1c(NC(=O)c2cccc(F)c2)sc2c1CCC2. The van der Waals surface area contributed by atoms with Crippen molar-refractivity contribution in [1.29, 1.82) is 0 Å². The number of rotatable bonds is 3. The molecule has 0 spiro atoms. The molecule has 0 bridgehead atoms. The van der Waals surface area contributed by atoms with Gasteiger partial charge in [0.15, 0.2) is 0 Å². The summed E-state index contributed by atoms with van der Waals surface area (Å²) in [7, 11) is 1.57. The summed E-state index contributed by atoms with van der Waals surface area (Å²) in [5.41, 5.74) is 1.81. The van der Waals surface area contributed by atoms with E-state index < -0.39 is 11.7 Å². The van der Waals surface area contributed by atoms with Crippen molar-refractivity contribution in [3.8, 4) is 0 Å². The molecule has 0 fully saturated rings. The molecule has 114 valence electrons. The summed E-state index contributed by atoms with van der Waals surface area (Å²) in [5, 5.41) is 5.91. The lowest BCUT2D eigenvalue weighted by atomic mass is 10.1. The number of fused-ring (bicyclic) bond motifs is 1. The van der Waals surface area contributed by atoms with Gasteiger partial charge in [0.1, 0.15) is 10.8 Å². The van der Waals surface area contributed by atoms with E-state index >= 15 is 0 Å². The second-order valence-corrected chi connectivity index (χ2v) is 6.21. The van der Waals surface area contributed by atoms with Crippen LogP contribution < -0.4 is 10.6 Å². The average Bonchev–Trinajstić information content (AvgIpc) is 3.07. The monoisotopic (exact) mass is 318 g/mol. The van der Waals surface area contributed by atoms with Crippen molar-refractivity contribution >= 4 is 28.2 Å². The third-order valence-corrected chi connectivity index (χ3v) is 4.90. The molecule has 1 aromatic heterocycles. The van der Waals surface area contributed by atoms with Crippen LogP contribution in [0.3, 0.4) is 0 Å². The molecule has 2 amide bonds. The van der Waals surface area contributed by atoms with Crippen LogP contribution in [0.2, 0.25) is 0 Å². The zero-order valence-corrected chi connectivity index (χ0v) is 12.8. The number of hydrogen-bond donors (Lipinski definition) is 2. The Morgan fingerprint density at radius 3 is 2.77 bits per heavy atom. The molecule has 0 unspecified atom stereocenters. The molecule has 0 saturated heterocycles. The Balaban J connectivity index is 1.92. The smallest absolute Gasteiger partial charge is 0.256 e. The van der Waals surface area contributed by atoms with E-state index in [2.05, 4.69) is 10.6 Å². The topological polar surface area (TPSA) is 58.2 Å². The summed E-state index contributed by atoms with van der Waals surface area (Å²) in [6, 6.07) is 5.49. The van der Waals surface area contributed by atoms with E-state index in [0.29, 0.717) is 10.6 Å². The van der Waals surface area contributed by atoms with Crippen LogP contribution in [0.5, 0.6) is 0 Å². The minimum Gasteiger partial charge on any atom is -0.355 e. The molecule has 1 aliphatic rings. The fourth-order valence-electron chi connectivity index (χ4n) is 2.66. The lowest BCUT2D eigenvalue weighted by molar-refractivity contribution is 0.0963. The lowest BCUT2D eigenvalue weighted by Gasteiger charge is -2.07. The molecule has 1 aromatic carbocycles. The van der Waals surface area contributed by atoms with Gasteiger partial charge in [0.25, 0.3) is 11.8 Å². The van der Waals surface area contributed by atoms with Crippen LogP contribution >= 0.6 is 11.3 Å².